The molecule has 0 unspecified atom stereocenters. The monoisotopic (exact) mass is 437 g/mol. The average molecular weight is 438 g/mol. The topological polar surface area (TPSA) is 56.2 Å². The number of aromatic nitrogens is 2. The molecule has 1 saturated heterocycles. The Balaban J connectivity index is 1.69. The van der Waals surface area contributed by atoms with Gasteiger partial charge in [-0.1, -0.05) is 33.8 Å². The number of hydrogen-bond donors (Lipinski definition) is 1. The van der Waals surface area contributed by atoms with Gasteiger partial charge in [-0.25, -0.2) is 4.98 Å². The number of carbonyl (C=O) groups is 1. The van der Waals surface area contributed by atoms with E-state index in [-0.39, 0.29) is 17.3 Å². The summed E-state index contributed by atoms with van der Waals surface area (Å²) in [5, 5.41) is 3.60. The first-order valence-corrected chi connectivity index (χ1v) is 10.5. The fraction of sp³-hybridized carbons (Fsp3) is 0.474. The second-order valence-corrected chi connectivity index (χ2v) is 8.79. The lowest BCUT2D eigenvalue weighted by molar-refractivity contribution is -0.115. The third-order valence-corrected chi connectivity index (χ3v) is 6.16. The predicted octanol–water partition coefficient (Wildman–Crippen LogP) is 4.56. The highest BCUT2D eigenvalue weighted by molar-refractivity contribution is 9.10. The quantitative estimate of drug-likeness (QED) is 0.672. The number of aryl methyl sites for hydroxylation is 1. The Morgan fingerprint density at radius 2 is 2.31 bits per heavy atom. The lowest BCUT2D eigenvalue weighted by Crippen LogP contribution is -2.23. The second kappa shape index (κ2) is 8.59. The lowest BCUT2D eigenvalue weighted by atomic mass is 10.2. The summed E-state index contributed by atoms with van der Waals surface area (Å²) in [5.74, 6) is -0.0323. The van der Waals surface area contributed by atoms with Gasteiger partial charge in [0, 0.05) is 22.5 Å². The van der Waals surface area contributed by atoms with Crippen LogP contribution in [0.1, 0.15) is 31.2 Å². The maximum Gasteiger partial charge on any atom is 0.237 e. The van der Waals surface area contributed by atoms with E-state index in [1.54, 1.807) is 0 Å². The summed E-state index contributed by atoms with van der Waals surface area (Å²) in [4.78, 5) is 17.2. The maximum absolute atomic E-state index is 12.6. The van der Waals surface area contributed by atoms with Crippen molar-refractivity contribution < 1.29 is 9.53 Å². The van der Waals surface area contributed by atoms with Crippen molar-refractivity contribution >= 4 is 39.3 Å². The van der Waals surface area contributed by atoms with Crippen LogP contribution in [0.5, 0.6) is 0 Å². The number of hydrogen-bond acceptors (Lipinski definition) is 4. The first kappa shape index (κ1) is 19.5. The summed E-state index contributed by atoms with van der Waals surface area (Å²) >= 11 is 4.92. The van der Waals surface area contributed by atoms with Crippen molar-refractivity contribution in [3.8, 4) is 0 Å². The zero-order valence-corrected chi connectivity index (χ0v) is 17.7. The summed E-state index contributed by atoms with van der Waals surface area (Å²) in [6, 6.07) is 7.61. The van der Waals surface area contributed by atoms with Crippen LogP contribution in [0.3, 0.4) is 0 Å². The summed E-state index contributed by atoms with van der Waals surface area (Å²) in [7, 11) is 0. The molecule has 26 heavy (non-hydrogen) atoms. The Morgan fingerprint density at radius 3 is 3.00 bits per heavy atom. The van der Waals surface area contributed by atoms with Gasteiger partial charge in [-0.3, -0.25) is 4.79 Å². The Morgan fingerprint density at radius 1 is 1.50 bits per heavy atom. The normalized spacial score (nSPS) is 18.1. The number of carbonyl (C=O) groups excluding carboxylic acids is 1. The highest BCUT2D eigenvalue weighted by Crippen LogP contribution is 2.28. The molecule has 2 aromatic rings. The minimum Gasteiger partial charge on any atom is -0.376 e. The average Bonchev–Trinajstić information content (AvgIpc) is 3.19. The van der Waals surface area contributed by atoms with Crippen molar-refractivity contribution in [1.29, 1.82) is 0 Å². The zero-order valence-electron chi connectivity index (χ0n) is 15.3. The number of ether oxygens (including phenoxy) is 1. The summed E-state index contributed by atoms with van der Waals surface area (Å²) in [6.07, 6.45) is 2.44. The third kappa shape index (κ3) is 4.69. The van der Waals surface area contributed by atoms with Crippen LogP contribution in [-0.2, 0) is 16.1 Å². The molecule has 0 radical (unpaired) electrons. The molecular formula is C19H24BrN3O2S. The molecule has 0 spiro atoms. The molecule has 1 fully saturated rings. The standard InChI is InChI=1S/C19H24BrN3O2S/c1-12-13(2)23(11-17-8-5-9-25-17)19(21-12)26-14(3)18(24)22-16-7-4-6-15(20)10-16/h4,6-7,10,14,17H,5,8-9,11H2,1-3H3,(H,22,24)/t14-,17-/m0/s1. The number of thioether (sulfide) groups is 1. The number of nitrogens with zero attached hydrogens (tertiary/aromatic N) is 2. The van der Waals surface area contributed by atoms with Crippen LogP contribution in [0.4, 0.5) is 5.69 Å². The van der Waals surface area contributed by atoms with Crippen LogP contribution in [-0.4, -0.2) is 33.4 Å². The van der Waals surface area contributed by atoms with Gasteiger partial charge in [-0.2, -0.15) is 0 Å². The van der Waals surface area contributed by atoms with Crippen molar-refractivity contribution in [3.63, 3.8) is 0 Å². The number of rotatable bonds is 6. The molecule has 2 atom stereocenters. The Hall–Kier alpha value is -1.31. The molecule has 1 aromatic carbocycles. The molecular weight excluding hydrogens is 414 g/mol. The Labute approximate surface area is 167 Å². The van der Waals surface area contributed by atoms with E-state index in [1.165, 1.54) is 11.8 Å². The fourth-order valence-corrected chi connectivity index (χ4v) is 4.35. The molecule has 1 aromatic heterocycles. The van der Waals surface area contributed by atoms with Gasteiger partial charge in [-0.05, 0) is 51.8 Å². The van der Waals surface area contributed by atoms with Crippen LogP contribution in [0.25, 0.3) is 0 Å². The van der Waals surface area contributed by atoms with E-state index in [0.29, 0.717) is 0 Å². The van der Waals surface area contributed by atoms with Gasteiger partial charge in [0.05, 0.1) is 23.6 Å². The van der Waals surface area contributed by atoms with Crippen molar-refractivity contribution in [2.24, 2.45) is 0 Å². The number of nitrogens with one attached hydrogen (secondary N) is 1. The molecule has 140 valence electrons. The van der Waals surface area contributed by atoms with Crippen LogP contribution in [0, 0.1) is 13.8 Å². The van der Waals surface area contributed by atoms with Gasteiger partial charge < -0.3 is 14.6 Å². The van der Waals surface area contributed by atoms with Gasteiger partial charge in [0.2, 0.25) is 5.91 Å². The number of imidazole rings is 1. The van der Waals surface area contributed by atoms with E-state index in [1.807, 2.05) is 38.1 Å². The van der Waals surface area contributed by atoms with Gasteiger partial charge in [0.1, 0.15) is 0 Å². The highest BCUT2D eigenvalue weighted by Gasteiger charge is 2.23. The number of benzene rings is 1. The lowest BCUT2D eigenvalue weighted by Gasteiger charge is -2.16. The first-order chi connectivity index (χ1) is 12.4. The van der Waals surface area contributed by atoms with E-state index in [0.717, 1.165) is 52.7 Å². The zero-order chi connectivity index (χ0) is 18.7. The van der Waals surface area contributed by atoms with Crippen molar-refractivity contribution in [1.82, 2.24) is 9.55 Å². The van der Waals surface area contributed by atoms with Crippen LogP contribution in [0.15, 0.2) is 33.9 Å². The van der Waals surface area contributed by atoms with E-state index < -0.39 is 0 Å². The molecule has 7 heteroatoms. The predicted molar refractivity (Wildman–Crippen MR) is 109 cm³/mol. The largest absolute Gasteiger partial charge is 0.376 e. The van der Waals surface area contributed by atoms with Gasteiger partial charge >= 0.3 is 0 Å². The van der Waals surface area contributed by atoms with Crippen molar-refractivity contribution in [3.05, 3.63) is 40.1 Å². The van der Waals surface area contributed by atoms with Crippen LogP contribution in [0.2, 0.25) is 0 Å². The minimum absolute atomic E-state index is 0.0323. The van der Waals surface area contributed by atoms with Crippen molar-refractivity contribution in [2.45, 2.75) is 56.7 Å². The smallest absolute Gasteiger partial charge is 0.237 e. The summed E-state index contributed by atoms with van der Waals surface area (Å²) in [6.45, 7) is 7.64. The SMILES string of the molecule is Cc1nc(S[C@@H](C)C(=O)Nc2cccc(Br)c2)n(C[C@@H]2CCCO2)c1C. The van der Waals surface area contributed by atoms with Gasteiger partial charge in [-0.15, -0.1) is 0 Å². The minimum atomic E-state index is -0.251. The molecule has 1 amide bonds. The van der Waals surface area contributed by atoms with Crippen LogP contribution < -0.4 is 5.32 Å². The molecule has 0 saturated carbocycles. The van der Waals surface area contributed by atoms with E-state index in [4.69, 9.17) is 4.74 Å². The number of anilines is 1. The van der Waals surface area contributed by atoms with E-state index >= 15 is 0 Å². The van der Waals surface area contributed by atoms with Gasteiger partial charge in [0.25, 0.3) is 0 Å². The number of amides is 1. The molecule has 1 aliphatic rings. The van der Waals surface area contributed by atoms with Gasteiger partial charge in [0.15, 0.2) is 5.16 Å². The van der Waals surface area contributed by atoms with E-state index in [2.05, 4.69) is 37.7 Å². The molecule has 1 N–H and O–H groups in total. The molecule has 5 nitrogen and oxygen atoms in total. The molecule has 0 bridgehead atoms. The van der Waals surface area contributed by atoms with Crippen molar-refractivity contribution in [2.75, 3.05) is 11.9 Å². The molecule has 0 aliphatic carbocycles. The Bertz CT molecular complexity index is 787. The third-order valence-electron chi connectivity index (χ3n) is 4.58. The highest BCUT2D eigenvalue weighted by atomic mass is 79.9. The summed E-state index contributed by atoms with van der Waals surface area (Å²) in [5.41, 5.74) is 2.93. The molecule has 1 aliphatic heterocycles. The van der Waals surface area contributed by atoms with Crippen LogP contribution >= 0.6 is 27.7 Å². The number of halogens is 1. The molecule has 2 heterocycles. The maximum atomic E-state index is 12.6. The first-order valence-electron chi connectivity index (χ1n) is 8.82. The summed E-state index contributed by atoms with van der Waals surface area (Å²) < 4.78 is 8.91. The second-order valence-electron chi connectivity index (χ2n) is 6.57. The molecule has 3 rings (SSSR count). The fourth-order valence-electron chi connectivity index (χ4n) is 2.94. The Kier molecular flexibility index (Phi) is 6.42. The van der Waals surface area contributed by atoms with E-state index in [9.17, 15) is 4.79 Å².